The van der Waals surface area contributed by atoms with E-state index >= 15 is 0 Å². The Morgan fingerprint density at radius 1 is 1.47 bits per heavy atom. The van der Waals surface area contributed by atoms with Gasteiger partial charge in [-0.2, -0.15) is 0 Å². The van der Waals surface area contributed by atoms with Gasteiger partial charge in [0.1, 0.15) is 6.61 Å². The number of nitrogens with zero attached hydrogens (tertiary/aromatic N) is 1. The SMILES string of the molecule is COCCOc1ccc(NC(=O)CCN)cn1. The number of aromatic nitrogens is 1. The number of rotatable bonds is 7. The molecule has 6 nitrogen and oxygen atoms in total. The summed E-state index contributed by atoms with van der Waals surface area (Å²) in [7, 11) is 1.60. The largest absolute Gasteiger partial charge is 0.475 e. The first kappa shape index (κ1) is 13.4. The van der Waals surface area contributed by atoms with E-state index in [1.54, 1.807) is 19.2 Å². The van der Waals surface area contributed by atoms with E-state index in [0.717, 1.165) is 0 Å². The maximum Gasteiger partial charge on any atom is 0.225 e. The van der Waals surface area contributed by atoms with E-state index in [-0.39, 0.29) is 5.91 Å². The van der Waals surface area contributed by atoms with Crippen LogP contribution in [0, 0.1) is 0 Å². The topological polar surface area (TPSA) is 86.5 Å². The predicted octanol–water partition coefficient (Wildman–Crippen LogP) is 0.394. The van der Waals surface area contributed by atoms with E-state index in [2.05, 4.69) is 10.3 Å². The molecule has 0 aliphatic heterocycles. The fourth-order valence-corrected chi connectivity index (χ4v) is 1.12. The van der Waals surface area contributed by atoms with Crippen LogP contribution in [-0.4, -0.2) is 37.8 Å². The van der Waals surface area contributed by atoms with Crippen LogP contribution in [0.1, 0.15) is 6.42 Å². The molecule has 6 heteroatoms. The highest BCUT2D eigenvalue weighted by Crippen LogP contribution is 2.11. The first-order valence-electron chi connectivity index (χ1n) is 5.34. The second kappa shape index (κ2) is 7.59. The zero-order valence-electron chi connectivity index (χ0n) is 9.81. The lowest BCUT2D eigenvalue weighted by Gasteiger charge is -2.06. The maximum absolute atomic E-state index is 11.2. The summed E-state index contributed by atoms with van der Waals surface area (Å²) in [5.41, 5.74) is 5.89. The Morgan fingerprint density at radius 3 is 2.88 bits per heavy atom. The number of carbonyl (C=O) groups excluding carboxylic acids is 1. The molecule has 0 radical (unpaired) electrons. The van der Waals surface area contributed by atoms with Crippen LogP contribution in [0.15, 0.2) is 18.3 Å². The van der Waals surface area contributed by atoms with E-state index in [0.29, 0.717) is 37.7 Å². The van der Waals surface area contributed by atoms with Gasteiger partial charge < -0.3 is 20.5 Å². The standard InChI is InChI=1S/C11H17N3O3/c1-16-6-7-17-11-3-2-9(8-13-11)14-10(15)4-5-12/h2-3,8H,4-7,12H2,1H3,(H,14,15). The van der Waals surface area contributed by atoms with Gasteiger partial charge in [0.25, 0.3) is 0 Å². The number of hydrogen-bond acceptors (Lipinski definition) is 5. The van der Waals surface area contributed by atoms with Crippen molar-refractivity contribution >= 4 is 11.6 Å². The van der Waals surface area contributed by atoms with Crippen molar-refractivity contribution in [3.63, 3.8) is 0 Å². The van der Waals surface area contributed by atoms with Crippen molar-refractivity contribution in [2.45, 2.75) is 6.42 Å². The van der Waals surface area contributed by atoms with Gasteiger partial charge in [-0.1, -0.05) is 0 Å². The van der Waals surface area contributed by atoms with Crippen LogP contribution >= 0.6 is 0 Å². The molecule has 1 rings (SSSR count). The van der Waals surface area contributed by atoms with Gasteiger partial charge in [0, 0.05) is 26.1 Å². The minimum absolute atomic E-state index is 0.123. The van der Waals surface area contributed by atoms with Crippen LogP contribution in [0.5, 0.6) is 5.88 Å². The lowest BCUT2D eigenvalue weighted by Crippen LogP contribution is -2.16. The number of nitrogens with two attached hydrogens (primary N) is 1. The molecule has 0 aliphatic carbocycles. The van der Waals surface area contributed by atoms with E-state index in [9.17, 15) is 4.79 Å². The molecule has 17 heavy (non-hydrogen) atoms. The van der Waals surface area contributed by atoms with Crippen molar-refractivity contribution in [2.75, 3.05) is 32.2 Å². The monoisotopic (exact) mass is 239 g/mol. The van der Waals surface area contributed by atoms with E-state index in [1.807, 2.05) is 0 Å². The Kier molecular flexibility index (Phi) is 5.98. The highest BCUT2D eigenvalue weighted by Gasteiger charge is 2.01. The molecule has 1 aromatic rings. The average molecular weight is 239 g/mol. The molecule has 94 valence electrons. The molecule has 3 N–H and O–H groups in total. The lowest BCUT2D eigenvalue weighted by atomic mass is 10.3. The molecule has 0 fully saturated rings. The van der Waals surface area contributed by atoms with Gasteiger partial charge in [0.05, 0.1) is 18.5 Å². The molecule has 0 aromatic carbocycles. The third kappa shape index (κ3) is 5.28. The second-order valence-electron chi connectivity index (χ2n) is 3.31. The van der Waals surface area contributed by atoms with E-state index in [1.165, 1.54) is 6.20 Å². The summed E-state index contributed by atoms with van der Waals surface area (Å²) in [6, 6.07) is 3.41. The first-order valence-corrected chi connectivity index (χ1v) is 5.34. The summed E-state index contributed by atoms with van der Waals surface area (Å²) in [6.45, 7) is 1.29. The van der Waals surface area contributed by atoms with Crippen molar-refractivity contribution in [2.24, 2.45) is 5.73 Å². The molecule has 0 saturated carbocycles. The zero-order chi connectivity index (χ0) is 12.5. The maximum atomic E-state index is 11.2. The Balaban J connectivity index is 2.41. The van der Waals surface area contributed by atoms with Crippen LogP contribution in [0.4, 0.5) is 5.69 Å². The Bertz CT molecular complexity index is 340. The van der Waals surface area contributed by atoms with Crippen LogP contribution in [0.3, 0.4) is 0 Å². The summed E-state index contributed by atoms with van der Waals surface area (Å²) < 4.78 is 10.1. The van der Waals surface area contributed by atoms with Gasteiger partial charge in [-0.3, -0.25) is 4.79 Å². The van der Waals surface area contributed by atoms with Gasteiger partial charge in [-0.15, -0.1) is 0 Å². The first-order chi connectivity index (χ1) is 8.26. The molecule has 0 spiro atoms. The number of nitrogens with one attached hydrogen (secondary N) is 1. The molecule has 1 aromatic heterocycles. The summed E-state index contributed by atoms with van der Waals surface area (Å²) in [5, 5.41) is 2.68. The number of anilines is 1. The highest BCUT2D eigenvalue weighted by atomic mass is 16.5. The third-order valence-corrected chi connectivity index (χ3v) is 1.93. The Hall–Kier alpha value is -1.66. The van der Waals surface area contributed by atoms with Crippen molar-refractivity contribution in [1.82, 2.24) is 4.98 Å². The number of pyridine rings is 1. The number of amides is 1. The minimum Gasteiger partial charge on any atom is -0.475 e. The van der Waals surface area contributed by atoms with Crippen LogP contribution in [-0.2, 0) is 9.53 Å². The number of methoxy groups -OCH3 is 1. The molecule has 0 bridgehead atoms. The van der Waals surface area contributed by atoms with E-state index in [4.69, 9.17) is 15.2 Å². The van der Waals surface area contributed by atoms with Crippen LogP contribution < -0.4 is 15.8 Å². The lowest BCUT2D eigenvalue weighted by molar-refractivity contribution is -0.116. The predicted molar refractivity (Wildman–Crippen MR) is 63.9 cm³/mol. The van der Waals surface area contributed by atoms with Crippen LogP contribution in [0.25, 0.3) is 0 Å². The summed E-state index contributed by atoms with van der Waals surface area (Å²) in [4.78, 5) is 15.3. The molecule has 0 unspecified atom stereocenters. The second-order valence-corrected chi connectivity index (χ2v) is 3.31. The minimum atomic E-state index is -0.123. The average Bonchev–Trinajstić information content (AvgIpc) is 2.32. The molecule has 1 amide bonds. The fraction of sp³-hybridized carbons (Fsp3) is 0.455. The summed E-state index contributed by atoms with van der Waals surface area (Å²) in [6.07, 6.45) is 1.84. The zero-order valence-corrected chi connectivity index (χ0v) is 9.81. The van der Waals surface area contributed by atoms with Crippen molar-refractivity contribution in [3.05, 3.63) is 18.3 Å². The van der Waals surface area contributed by atoms with Gasteiger partial charge in [0.15, 0.2) is 0 Å². The van der Waals surface area contributed by atoms with E-state index < -0.39 is 0 Å². The number of carbonyl (C=O) groups is 1. The molecular formula is C11H17N3O3. The Labute approximate surface area is 100 Å². The van der Waals surface area contributed by atoms with Crippen molar-refractivity contribution in [3.8, 4) is 5.88 Å². The molecule has 0 aliphatic rings. The molecule has 0 saturated heterocycles. The molecular weight excluding hydrogens is 222 g/mol. The molecule has 1 heterocycles. The van der Waals surface area contributed by atoms with Crippen molar-refractivity contribution in [1.29, 1.82) is 0 Å². The Morgan fingerprint density at radius 2 is 2.29 bits per heavy atom. The smallest absolute Gasteiger partial charge is 0.225 e. The highest BCUT2D eigenvalue weighted by molar-refractivity contribution is 5.90. The van der Waals surface area contributed by atoms with Gasteiger partial charge in [-0.05, 0) is 6.07 Å². The number of ether oxygens (including phenoxy) is 2. The molecule has 0 atom stereocenters. The fourth-order valence-electron chi connectivity index (χ4n) is 1.12. The van der Waals surface area contributed by atoms with Gasteiger partial charge in [-0.25, -0.2) is 4.98 Å². The van der Waals surface area contributed by atoms with Gasteiger partial charge >= 0.3 is 0 Å². The summed E-state index contributed by atoms with van der Waals surface area (Å²) >= 11 is 0. The normalized spacial score (nSPS) is 10.0. The number of hydrogen-bond donors (Lipinski definition) is 2. The van der Waals surface area contributed by atoms with Gasteiger partial charge in [0.2, 0.25) is 11.8 Å². The van der Waals surface area contributed by atoms with Crippen molar-refractivity contribution < 1.29 is 14.3 Å². The third-order valence-electron chi connectivity index (χ3n) is 1.93. The quantitative estimate of drug-likeness (QED) is 0.672. The summed E-state index contributed by atoms with van der Waals surface area (Å²) in [5.74, 6) is 0.376. The van der Waals surface area contributed by atoms with Crippen LogP contribution in [0.2, 0.25) is 0 Å².